The average Bonchev–Trinajstić information content (AvgIpc) is 2.65. The van der Waals surface area contributed by atoms with E-state index in [9.17, 15) is 4.79 Å². The molecule has 0 spiro atoms. The number of methoxy groups -OCH3 is 2. The first kappa shape index (κ1) is 18.8. The van der Waals surface area contributed by atoms with Crippen molar-refractivity contribution in [2.45, 2.75) is 19.3 Å². The number of nitrogens with one attached hydrogen (secondary N) is 1. The van der Waals surface area contributed by atoms with Crippen molar-refractivity contribution in [3.05, 3.63) is 59.2 Å². The van der Waals surface area contributed by atoms with Gasteiger partial charge in [-0.05, 0) is 48.6 Å². The molecule has 0 bridgehead atoms. The highest BCUT2D eigenvalue weighted by Crippen LogP contribution is 2.27. The van der Waals surface area contributed by atoms with Gasteiger partial charge in [0.15, 0.2) is 11.5 Å². The highest BCUT2D eigenvalue weighted by atomic mass is 16.5. The molecule has 2 aromatic carbocycles. The summed E-state index contributed by atoms with van der Waals surface area (Å²) in [6, 6.07) is 13.2. The molecule has 0 aromatic heterocycles. The normalized spacial score (nSPS) is 10.4. The van der Waals surface area contributed by atoms with Crippen LogP contribution in [-0.4, -0.2) is 38.4 Å². The fourth-order valence-corrected chi connectivity index (χ4v) is 2.71. The van der Waals surface area contributed by atoms with Gasteiger partial charge in [0.2, 0.25) is 0 Å². The summed E-state index contributed by atoms with van der Waals surface area (Å²) in [6.45, 7) is 0.615. The van der Waals surface area contributed by atoms with Gasteiger partial charge in [0.05, 0.1) is 14.2 Å². The zero-order valence-corrected chi connectivity index (χ0v) is 14.7. The van der Waals surface area contributed by atoms with Gasteiger partial charge < -0.3 is 19.9 Å². The van der Waals surface area contributed by atoms with Gasteiger partial charge in [0.1, 0.15) is 0 Å². The lowest BCUT2D eigenvalue weighted by Crippen LogP contribution is -2.26. The Morgan fingerprint density at radius 1 is 1.04 bits per heavy atom. The van der Waals surface area contributed by atoms with Crippen LogP contribution in [0.3, 0.4) is 0 Å². The number of rotatable bonds is 9. The molecule has 0 fully saturated rings. The lowest BCUT2D eigenvalue weighted by Gasteiger charge is -2.11. The number of ether oxygens (including phenoxy) is 2. The molecular formula is C20H25NO4. The minimum Gasteiger partial charge on any atom is -0.493 e. The molecule has 0 aliphatic rings. The van der Waals surface area contributed by atoms with E-state index in [1.807, 2.05) is 36.4 Å². The second kappa shape index (κ2) is 9.69. The van der Waals surface area contributed by atoms with Gasteiger partial charge in [-0.1, -0.05) is 24.3 Å². The van der Waals surface area contributed by atoms with Gasteiger partial charge in [-0.25, -0.2) is 0 Å². The highest BCUT2D eigenvalue weighted by molar-refractivity contribution is 5.95. The SMILES string of the molecule is COc1ccc(CCCNC(=O)c2ccccc2CCO)cc1OC. The summed E-state index contributed by atoms with van der Waals surface area (Å²) in [4.78, 5) is 12.3. The van der Waals surface area contributed by atoms with Crippen molar-refractivity contribution < 1.29 is 19.4 Å². The van der Waals surface area contributed by atoms with E-state index in [1.54, 1.807) is 20.3 Å². The zero-order valence-electron chi connectivity index (χ0n) is 14.7. The summed E-state index contributed by atoms with van der Waals surface area (Å²) >= 11 is 0. The molecule has 0 aliphatic carbocycles. The van der Waals surface area contributed by atoms with Gasteiger partial charge in [0, 0.05) is 18.7 Å². The van der Waals surface area contributed by atoms with E-state index in [1.165, 1.54) is 0 Å². The second-order valence-electron chi connectivity index (χ2n) is 5.68. The van der Waals surface area contributed by atoms with E-state index < -0.39 is 0 Å². The van der Waals surface area contributed by atoms with Crippen molar-refractivity contribution >= 4 is 5.91 Å². The van der Waals surface area contributed by atoms with Crippen molar-refractivity contribution in [3.8, 4) is 11.5 Å². The molecule has 1 amide bonds. The predicted molar refractivity (Wildman–Crippen MR) is 97.4 cm³/mol. The Labute approximate surface area is 148 Å². The lowest BCUT2D eigenvalue weighted by molar-refractivity contribution is 0.0952. The number of benzene rings is 2. The van der Waals surface area contributed by atoms with Crippen LogP contribution in [0.25, 0.3) is 0 Å². The van der Waals surface area contributed by atoms with Crippen LogP contribution in [-0.2, 0) is 12.8 Å². The summed E-state index contributed by atoms with van der Waals surface area (Å²) in [5, 5.41) is 12.0. The molecule has 2 rings (SSSR count). The van der Waals surface area contributed by atoms with E-state index >= 15 is 0 Å². The Morgan fingerprint density at radius 2 is 1.80 bits per heavy atom. The number of carbonyl (C=O) groups is 1. The maximum Gasteiger partial charge on any atom is 0.251 e. The van der Waals surface area contributed by atoms with Crippen molar-refractivity contribution in [1.29, 1.82) is 0 Å². The molecule has 134 valence electrons. The van der Waals surface area contributed by atoms with Crippen LogP contribution in [0.4, 0.5) is 0 Å². The van der Waals surface area contributed by atoms with E-state index in [2.05, 4.69) is 5.32 Å². The molecule has 2 N–H and O–H groups in total. The number of aliphatic hydroxyl groups excluding tert-OH is 1. The standard InChI is InChI=1S/C20H25NO4/c1-24-18-10-9-15(14-19(18)25-2)6-5-12-21-20(23)17-8-4-3-7-16(17)11-13-22/h3-4,7-10,14,22H,5-6,11-13H2,1-2H3,(H,21,23). The summed E-state index contributed by atoms with van der Waals surface area (Å²) in [6.07, 6.45) is 2.14. The third-order valence-electron chi connectivity index (χ3n) is 4.02. The molecule has 0 saturated carbocycles. The monoisotopic (exact) mass is 343 g/mol. The summed E-state index contributed by atoms with van der Waals surface area (Å²) < 4.78 is 10.5. The molecule has 0 aliphatic heterocycles. The largest absolute Gasteiger partial charge is 0.493 e. The van der Waals surface area contributed by atoms with Crippen LogP contribution in [0.15, 0.2) is 42.5 Å². The molecule has 0 heterocycles. The fraction of sp³-hybridized carbons (Fsp3) is 0.350. The molecule has 5 nitrogen and oxygen atoms in total. The van der Waals surface area contributed by atoms with Crippen LogP contribution in [0.1, 0.15) is 27.9 Å². The van der Waals surface area contributed by atoms with Gasteiger partial charge in [0.25, 0.3) is 5.91 Å². The van der Waals surface area contributed by atoms with Crippen molar-refractivity contribution in [3.63, 3.8) is 0 Å². The Balaban J connectivity index is 1.86. The van der Waals surface area contributed by atoms with Crippen LogP contribution in [0.5, 0.6) is 11.5 Å². The summed E-state index contributed by atoms with van der Waals surface area (Å²) in [5.41, 5.74) is 2.62. The first-order valence-electron chi connectivity index (χ1n) is 8.37. The number of hydrogen-bond donors (Lipinski definition) is 2. The number of carbonyl (C=O) groups excluding carboxylic acids is 1. The van der Waals surface area contributed by atoms with Gasteiger partial charge >= 0.3 is 0 Å². The third-order valence-corrected chi connectivity index (χ3v) is 4.02. The van der Waals surface area contributed by atoms with Crippen LogP contribution >= 0.6 is 0 Å². The van der Waals surface area contributed by atoms with Crippen molar-refractivity contribution in [1.82, 2.24) is 5.32 Å². The van der Waals surface area contributed by atoms with E-state index in [0.29, 0.717) is 30.0 Å². The summed E-state index contributed by atoms with van der Waals surface area (Å²) in [5.74, 6) is 1.32. The zero-order chi connectivity index (χ0) is 18.1. The lowest BCUT2D eigenvalue weighted by atomic mass is 10.0. The first-order valence-corrected chi connectivity index (χ1v) is 8.37. The highest BCUT2D eigenvalue weighted by Gasteiger charge is 2.10. The average molecular weight is 343 g/mol. The molecule has 2 aromatic rings. The Hall–Kier alpha value is -2.53. The minimum atomic E-state index is -0.101. The van der Waals surface area contributed by atoms with Crippen LogP contribution in [0.2, 0.25) is 0 Å². The van der Waals surface area contributed by atoms with Gasteiger partial charge in [-0.15, -0.1) is 0 Å². The van der Waals surface area contributed by atoms with E-state index in [-0.39, 0.29) is 12.5 Å². The molecule has 0 saturated heterocycles. The third kappa shape index (κ3) is 5.22. The second-order valence-corrected chi connectivity index (χ2v) is 5.68. The quantitative estimate of drug-likeness (QED) is 0.687. The molecule has 25 heavy (non-hydrogen) atoms. The molecule has 0 radical (unpaired) electrons. The minimum absolute atomic E-state index is 0.0313. The molecule has 0 unspecified atom stereocenters. The Bertz CT molecular complexity index is 700. The van der Waals surface area contributed by atoms with Gasteiger partial charge in [-0.3, -0.25) is 4.79 Å². The van der Waals surface area contributed by atoms with Crippen molar-refractivity contribution in [2.75, 3.05) is 27.4 Å². The number of aliphatic hydroxyl groups is 1. The predicted octanol–water partition coefficient (Wildman–Crippen LogP) is 2.60. The molecular weight excluding hydrogens is 318 g/mol. The Morgan fingerprint density at radius 3 is 2.52 bits per heavy atom. The maximum absolute atomic E-state index is 12.3. The fourth-order valence-electron chi connectivity index (χ4n) is 2.71. The molecule has 0 atom stereocenters. The van der Waals surface area contributed by atoms with Crippen LogP contribution in [0, 0.1) is 0 Å². The number of amides is 1. The number of aryl methyl sites for hydroxylation is 1. The first-order chi connectivity index (χ1) is 12.2. The van der Waals surface area contributed by atoms with Crippen molar-refractivity contribution in [2.24, 2.45) is 0 Å². The summed E-state index contributed by atoms with van der Waals surface area (Å²) in [7, 11) is 3.23. The van der Waals surface area contributed by atoms with E-state index in [4.69, 9.17) is 14.6 Å². The molecule has 5 heteroatoms. The van der Waals surface area contributed by atoms with Gasteiger partial charge in [-0.2, -0.15) is 0 Å². The van der Waals surface area contributed by atoms with Crippen LogP contribution < -0.4 is 14.8 Å². The Kier molecular flexibility index (Phi) is 7.29. The maximum atomic E-state index is 12.3. The number of hydrogen-bond acceptors (Lipinski definition) is 4. The smallest absolute Gasteiger partial charge is 0.251 e. The topological polar surface area (TPSA) is 67.8 Å². The van der Waals surface area contributed by atoms with E-state index in [0.717, 1.165) is 24.0 Å².